The highest BCUT2D eigenvalue weighted by atomic mass is 35.5. The molecule has 0 aromatic heterocycles. The minimum absolute atomic E-state index is 0.344. The van der Waals surface area contributed by atoms with Crippen LogP contribution in [-0.4, -0.2) is 17.2 Å². The molecule has 0 aliphatic carbocycles. The summed E-state index contributed by atoms with van der Waals surface area (Å²) in [4.78, 5) is 22.4. The fraction of sp³-hybridized carbons (Fsp3) is 0.200. The molecule has 3 nitrogen and oxygen atoms in total. The van der Waals surface area contributed by atoms with E-state index >= 15 is 0 Å². The summed E-state index contributed by atoms with van der Waals surface area (Å²) in [6, 6.07) is 0.993. The lowest BCUT2D eigenvalue weighted by atomic mass is 9.96. The number of hydrogen-bond donors (Lipinski definition) is 1. The predicted octanol–water partition coefficient (Wildman–Crippen LogP) is 1.45. The molecule has 1 fully saturated rings. The number of hydrogen-bond acceptors (Lipinski definition) is 2. The van der Waals surface area contributed by atoms with E-state index in [9.17, 15) is 22.8 Å². The first kappa shape index (κ1) is 11.9. The lowest BCUT2D eigenvalue weighted by molar-refractivity contribution is -0.125. The van der Waals surface area contributed by atoms with Gasteiger partial charge in [0, 0.05) is 11.6 Å². The molecule has 0 bridgehead atoms. The van der Waals surface area contributed by atoms with Crippen LogP contribution in [0.25, 0.3) is 0 Å². The van der Waals surface area contributed by atoms with Gasteiger partial charge in [0.1, 0.15) is 11.2 Å². The maximum atomic E-state index is 13.4. The molecular formula is C10H5ClF3NO2. The molecule has 2 amide bonds. The summed E-state index contributed by atoms with van der Waals surface area (Å²) in [6.45, 7) is 0. The molecule has 0 radical (unpaired) electrons. The smallest absolute Gasteiger partial charge is 0.245 e. The summed E-state index contributed by atoms with van der Waals surface area (Å²) in [5.74, 6) is -6.98. The minimum atomic E-state index is -1.43. The molecular weight excluding hydrogens is 259 g/mol. The molecule has 0 spiro atoms. The summed E-state index contributed by atoms with van der Waals surface area (Å²) in [6.07, 6.45) is 0. The third kappa shape index (κ3) is 1.88. The van der Waals surface area contributed by atoms with Gasteiger partial charge in [-0.1, -0.05) is 0 Å². The second-order valence-electron chi connectivity index (χ2n) is 3.52. The molecule has 1 aliphatic heterocycles. The van der Waals surface area contributed by atoms with E-state index < -0.39 is 46.1 Å². The molecule has 17 heavy (non-hydrogen) atoms. The molecule has 2 rings (SSSR count). The lowest BCUT2D eigenvalue weighted by Crippen LogP contribution is -2.22. The van der Waals surface area contributed by atoms with E-state index in [2.05, 4.69) is 0 Å². The van der Waals surface area contributed by atoms with Gasteiger partial charge in [-0.25, -0.2) is 13.2 Å². The van der Waals surface area contributed by atoms with Gasteiger partial charge >= 0.3 is 0 Å². The zero-order chi connectivity index (χ0) is 12.7. The number of rotatable bonds is 1. The van der Waals surface area contributed by atoms with Gasteiger partial charge in [-0.05, 0) is 6.07 Å². The topological polar surface area (TPSA) is 46.2 Å². The molecule has 7 heteroatoms. The van der Waals surface area contributed by atoms with Crippen molar-refractivity contribution < 1.29 is 22.8 Å². The minimum Gasteiger partial charge on any atom is -0.295 e. The van der Waals surface area contributed by atoms with Crippen LogP contribution < -0.4 is 5.32 Å². The Morgan fingerprint density at radius 2 is 1.76 bits per heavy atom. The van der Waals surface area contributed by atoms with Gasteiger partial charge in [0.15, 0.2) is 11.6 Å². The first-order valence-corrected chi connectivity index (χ1v) is 4.98. The monoisotopic (exact) mass is 263 g/mol. The highest BCUT2D eigenvalue weighted by Gasteiger charge is 2.43. The number of benzene rings is 1. The summed E-state index contributed by atoms with van der Waals surface area (Å²) in [7, 11) is 0. The number of amides is 2. The van der Waals surface area contributed by atoms with E-state index in [0.29, 0.717) is 12.1 Å². The van der Waals surface area contributed by atoms with Crippen molar-refractivity contribution in [3.63, 3.8) is 0 Å². The summed E-state index contributed by atoms with van der Waals surface area (Å²) in [5.41, 5.74) is -0.564. The molecule has 1 aromatic carbocycles. The van der Waals surface area contributed by atoms with Gasteiger partial charge in [-0.15, -0.1) is 11.6 Å². The van der Waals surface area contributed by atoms with E-state index in [-0.39, 0.29) is 0 Å². The van der Waals surface area contributed by atoms with Crippen LogP contribution in [0.15, 0.2) is 12.1 Å². The highest BCUT2D eigenvalue weighted by Crippen LogP contribution is 2.31. The van der Waals surface area contributed by atoms with E-state index in [4.69, 9.17) is 11.6 Å². The van der Waals surface area contributed by atoms with Crippen molar-refractivity contribution in [3.05, 3.63) is 35.1 Å². The van der Waals surface area contributed by atoms with E-state index in [1.54, 1.807) is 0 Å². The van der Waals surface area contributed by atoms with Crippen molar-refractivity contribution in [1.29, 1.82) is 0 Å². The molecule has 90 valence electrons. The molecule has 2 unspecified atom stereocenters. The van der Waals surface area contributed by atoms with Crippen LogP contribution in [0.2, 0.25) is 0 Å². The predicted molar refractivity (Wildman–Crippen MR) is 51.8 cm³/mol. The van der Waals surface area contributed by atoms with Crippen LogP contribution >= 0.6 is 11.6 Å². The zero-order valence-corrected chi connectivity index (χ0v) is 8.89. The van der Waals surface area contributed by atoms with Gasteiger partial charge in [0.2, 0.25) is 11.8 Å². The third-order valence-corrected chi connectivity index (χ3v) is 2.88. The van der Waals surface area contributed by atoms with Gasteiger partial charge in [0.25, 0.3) is 0 Å². The SMILES string of the molecule is O=C1NC(=O)C(c2cc(F)cc(F)c2F)C1Cl. The van der Waals surface area contributed by atoms with Gasteiger partial charge in [-0.2, -0.15) is 0 Å². The number of carbonyl (C=O) groups excluding carboxylic acids is 2. The Kier molecular flexibility index (Phi) is 2.82. The van der Waals surface area contributed by atoms with Crippen LogP contribution in [-0.2, 0) is 9.59 Å². The first-order valence-electron chi connectivity index (χ1n) is 4.55. The maximum absolute atomic E-state index is 13.4. The lowest BCUT2D eigenvalue weighted by Gasteiger charge is -2.11. The van der Waals surface area contributed by atoms with E-state index in [0.717, 1.165) is 0 Å². The van der Waals surface area contributed by atoms with Gasteiger partial charge in [0.05, 0.1) is 5.92 Å². The van der Waals surface area contributed by atoms with Crippen LogP contribution in [0.5, 0.6) is 0 Å². The van der Waals surface area contributed by atoms with Gasteiger partial charge in [-0.3, -0.25) is 14.9 Å². The van der Waals surface area contributed by atoms with Crippen molar-refractivity contribution in [1.82, 2.24) is 5.32 Å². The second kappa shape index (κ2) is 4.03. The molecule has 2 atom stereocenters. The van der Waals surface area contributed by atoms with Crippen LogP contribution in [0.1, 0.15) is 11.5 Å². The van der Waals surface area contributed by atoms with Crippen LogP contribution in [0.4, 0.5) is 13.2 Å². The number of nitrogens with one attached hydrogen (secondary N) is 1. The number of carbonyl (C=O) groups is 2. The average Bonchev–Trinajstić information content (AvgIpc) is 2.48. The van der Waals surface area contributed by atoms with Crippen LogP contribution in [0.3, 0.4) is 0 Å². The van der Waals surface area contributed by atoms with Crippen molar-refractivity contribution in [2.45, 2.75) is 11.3 Å². The zero-order valence-electron chi connectivity index (χ0n) is 8.14. The Morgan fingerprint density at radius 3 is 2.29 bits per heavy atom. The Morgan fingerprint density at radius 1 is 1.12 bits per heavy atom. The van der Waals surface area contributed by atoms with Crippen molar-refractivity contribution >= 4 is 23.4 Å². The standard InChI is InChI=1S/C10H5ClF3NO2/c11-7-6(9(16)15-10(7)17)4-1-3(12)2-5(13)8(4)14/h1-2,6-7H,(H,15,16,17). The number of alkyl halides is 1. The average molecular weight is 264 g/mol. The molecule has 1 heterocycles. The van der Waals surface area contributed by atoms with E-state index in [1.807, 2.05) is 5.32 Å². The second-order valence-corrected chi connectivity index (χ2v) is 3.99. The van der Waals surface area contributed by atoms with Gasteiger partial charge < -0.3 is 0 Å². The van der Waals surface area contributed by atoms with Crippen molar-refractivity contribution in [2.24, 2.45) is 0 Å². The summed E-state index contributed by atoms with van der Waals surface area (Å²) >= 11 is 5.59. The largest absolute Gasteiger partial charge is 0.295 e. The first-order chi connectivity index (χ1) is 7.91. The highest BCUT2D eigenvalue weighted by molar-refractivity contribution is 6.37. The number of imide groups is 1. The molecule has 1 N–H and O–H groups in total. The van der Waals surface area contributed by atoms with Crippen molar-refractivity contribution in [2.75, 3.05) is 0 Å². The Labute approximate surface area is 98.6 Å². The Hall–Kier alpha value is -1.56. The number of halogens is 4. The molecule has 1 saturated heterocycles. The fourth-order valence-electron chi connectivity index (χ4n) is 1.65. The molecule has 0 saturated carbocycles. The fourth-order valence-corrected chi connectivity index (χ4v) is 1.96. The Balaban J connectivity index is 2.54. The Bertz CT molecular complexity index is 521. The third-order valence-electron chi connectivity index (χ3n) is 2.43. The summed E-state index contributed by atoms with van der Waals surface area (Å²) < 4.78 is 39.3. The molecule has 1 aromatic rings. The normalized spacial score (nSPS) is 24.0. The van der Waals surface area contributed by atoms with E-state index in [1.165, 1.54) is 0 Å². The molecule has 1 aliphatic rings. The summed E-state index contributed by atoms with van der Waals surface area (Å²) in [5, 5.41) is 0.483. The maximum Gasteiger partial charge on any atom is 0.245 e. The van der Waals surface area contributed by atoms with Crippen molar-refractivity contribution in [3.8, 4) is 0 Å². The van der Waals surface area contributed by atoms with Crippen LogP contribution in [0, 0.1) is 17.5 Å². The quantitative estimate of drug-likeness (QED) is 0.474.